The molecular formula is C18H27N. The third-order valence-corrected chi connectivity index (χ3v) is 5.35. The largest absolute Gasteiger partial charge is 0.314 e. The van der Waals surface area contributed by atoms with Crippen LogP contribution in [0.1, 0.15) is 49.8 Å². The molecule has 1 saturated carbocycles. The van der Waals surface area contributed by atoms with Crippen LogP contribution in [0.2, 0.25) is 0 Å². The molecule has 0 aliphatic heterocycles. The van der Waals surface area contributed by atoms with Crippen molar-refractivity contribution in [2.75, 3.05) is 6.54 Å². The summed E-state index contributed by atoms with van der Waals surface area (Å²) in [6.45, 7) is 5.78. The Bertz CT molecular complexity index is 437. The minimum atomic E-state index is 0.754. The summed E-state index contributed by atoms with van der Waals surface area (Å²) in [5.41, 5.74) is 4.81. The highest BCUT2D eigenvalue weighted by atomic mass is 14.9. The van der Waals surface area contributed by atoms with Gasteiger partial charge in [0.2, 0.25) is 0 Å². The third kappa shape index (κ3) is 2.72. The minimum absolute atomic E-state index is 0.754. The molecular weight excluding hydrogens is 230 g/mol. The van der Waals surface area contributed by atoms with Crippen LogP contribution in [0.5, 0.6) is 0 Å². The minimum Gasteiger partial charge on any atom is -0.314 e. The first-order chi connectivity index (χ1) is 9.28. The quantitative estimate of drug-likeness (QED) is 0.866. The van der Waals surface area contributed by atoms with E-state index in [1.54, 1.807) is 16.7 Å². The van der Waals surface area contributed by atoms with Gasteiger partial charge in [-0.15, -0.1) is 0 Å². The van der Waals surface area contributed by atoms with E-state index < -0.39 is 0 Å². The summed E-state index contributed by atoms with van der Waals surface area (Å²) >= 11 is 0. The normalized spacial score (nSPS) is 29.7. The van der Waals surface area contributed by atoms with Gasteiger partial charge in [-0.1, -0.05) is 32.0 Å². The lowest BCUT2D eigenvalue weighted by molar-refractivity contribution is 0.355. The zero-order valence-electron chi connectivity index (χ0n) is 12.4. The molecule has 0 radical (unpaired) electrons. The average molecular weight is 257 g/mol. The molecule has 3 atom stereocenters. The molecule has 0 heterocycles. The fourth-order valence-electron chi connectivity index (χ4n) is 4.14. The number of hydrogen-bond donors (Lipinski definition) is 1. The van der Waals surface area contributed by atoms with Crippen molar-refractivity contribution in [1.29, 1.82) is 0 Å². The van der Waals surface area contributed by atoms with Crippen LogP contribution in [0, 0.1) is 11.8 Å². The van der Waals surface area contributed by atoms with Crippen LogP contribution in [-0.2, 0) is 19.3 Å². The summed E-state index contributed by atoms with van der Waals surface area (Å²) in [6.07, 6.45) is 8.03. The highest BCUT2D eigenvalue weighted by Crippen LogP contribution is 2.35. The Morgan fingerprint density at radius 3 is 2.84 bits per heavy atom. The van der Waals surface area contributed by atoms with E-state index in [0.717, 1.165) is 24.4 Å². The van der Waals surface area contributed by atoms with E-state index in [2.05, 4.69) is 37.4 Å². The van der Waals surface area contributed by atoms with Crippen LogP contribution >= 0.6 is 0 Å². The maximum absolute atomic E-state index is 3.65. The van der Waals surface area contributed by atoms with Crippen molar-refractivity contribution in [2.45, 2.75) is 58.4 Å². The summed E-state index contributed by atoms with van der Waals surface area (Å²) in [6, 6.07) is 8.02. The summed E-state index contributed by atoms with van der Waals surface area (Å²) in [7, 11) is 0. The molecule has 0 aromatic heterocycles. The Morgan fingerprint density at radius 1 is 1.16 bits per heavy atom. The van der Waals surface area contributed by atoms with Gasteiger partial charge in [0.1, 0.15) is 0 Å². The summed E-state index contributed by atoms with van der Waals surface area (Å²) in [4.78, 5) is 0. The van der Waals surface area contributed by atoms with Gasteiger partial charge < -0.3 is 5.32 Å². The first kappa shape index (κ1) is 13.2. The standard InChI is InChI=1S/C18H27N/c1-3-19-18-10-9-16(13(18)2)11-14-7-8-15-5-4-6-17(15)12-14/h7-8,12-13,16,18-19H,3-6,9-11H2,1-2H3. The van der Waals surface area contributed by atoms with Crippen LogP contribution in [-0.4, -0.2) is 12.6 Å². The second-order valence-corrected chi connectivity index (χ2v) is 6.52. The van der Waals surface area contributed by atoms with Gasteiger partial charge in [0.15, 0.2) is 0 Å². The van der Waals surface area contributed by atoms with E-state index >= 15 is 0 Å². The lowest BCUT2D eigenvalue weighted by atomic mass is 9.88. The van der Waals surface area contributed by atoms with Gasteiger partial charge in [0.05, 0.1) is 0 Å². The van der Waals surface area contributed by atoms with Crippen molar-refractivity contribution >= 4 is 0 Å². The Morgan fingerprint density at radius 2 is 2.00 bits per heavy atom. The lowest BCUT2D eigenvalue weighted by Crippen LogP contribution is -2.32. The molecule has 3 rings (SSSR count). The van der Waals surface area contributed by atoms with E-state index in [0.29, 0.717) is 0 Å². The van der Waals surface area contributed by atoms with Crippen LogP contribution in [0.3, 0.4) is 0 Å². The number of nitrogens with one attached hydrogen (secondary N) is 1. The van der Waals surface area contributed by atoms with Crippen molar-refractivity contribution in [3.63, 3.8) is 0 Å². The van der Waals surface area contributed by atoms with Crippen LogP contribution in [0.4, 0.5) is 0 Å². The van der Waals surface area contributed by atoms with Crippen molar-refractivity contribution < 1.29 is 0 Å². The Kier molecular flexibility index (Phi) is 3.93. The zero-order chi connectivity index (χ0) is 13.2. The molecule has 1 fully saturated rings. The predicted octanol–water partition coefficient (Wildman–Crippen LogP) is 3.74. The molecule has 1 heteroatoms. The molecule has 3 unspecified atom stereocenters. The molecule has 1 N–H and O–H groups in total. The van der Waals surface area contributed by atoms with Crippen molar-refractivity contribution in [3.05, 3.63) is 34.9 Å². The van der Waals surface area contributed by atoms with Gasteiger partial charge in [-0.3, -0.25) is 0 Å². The Hall–Kier alpha value is -0.820. The SMILES string of the molecule is CCNC1CCC(Cc2ccc3c(c2)CCC3)C1C. The molecule has 19 heavy (non-hydrogen) atoms. The molecule has 0 amide bonds. The molecule has 0 saturated heterocycles. The van der Waals surface area contributed by atoms with Gasteiger partial charge in [-0.2, -0.15) is 0 Å². The fourth-order valence-corrected chi connectivity index (χ4v) is 4.14. The van der Waals surface area contributed by atoms with Gasteiger partial charge in [0, 0.05) is 6.04 Å². The summed E-state index contributed by atoms with van der Waals surface area (Å²) in [5, 5.41) is 3.65. The topological polar surface area (TPSA) is 12.0 Å². The van der Waals surface area contributed by atoms with Gasteiger partial charge in [0.25, 0.3) is 0 Å². The molecule has 1 nitrogen and oxygen atoms in total. The number of benzene rings is 1. The molecule has 1 aromatic carbocycles. The van der Waals surface area contributed by atoms with E-state index in [1.807, 2.05) is 0 Å². The van der Waals surface area contributed by atoms with Gasteiger partial charge >= 0.3 is 0 Å². The van der Waals surface area contributed by atoms with E-state index in [-0.39, 0.29) is 0 Å². The van der Waals surface area contributed by atoms with E-state index in [1.165, 1.54) is 38.5 Å². The second-order valence-electron chi connectivity index (χ2n) is 6.52. The smallest absolute Gasteiger partial charge is 0.00954 e. The third-order valence-electron chi connectivity index (χ3n) is 5.35. The molecule has 104 valence electrons. The van der Waals surface area contributed by atoms with Gasteiger partial charge in [-0.05, 0) is 73.6 Å². The van der Waals surface area contributed by atoms with Gasteiger partial charge in [-0.25, -0.2) is 0 Å². The maximum atomic E-state index is 3.65. The monoisotopic (exact) mass is 257 g/mol. The molecule has 2 aliphatic carbocycles. The molecule has 0 spiro atoms. The number of aryl methyl sites for hydroxylation is 2. The van der Waals surface area contributed by atoms with Crippen LogP contribution < -0.4 is 5.32 Å². The van der Waals surface area contributed by atoms with Crippen molar-refractivity contribution in [3.8, 4) is 0 Å². The van der Waals surface area contributed by atoms with Crippen LogP contribution in [0.25, 0.3) is 0 Å². The highest BCUT2D eigenvalue weighted by molar-refractivity contribution is 5.35. The summed E-state index contributed by atoms with van der Waals surface area (Å²) in [5.74, 6) is 1.71. The van der Waals surface area contributed by atoms with E-state index in [4.69, 9.17) is 0 Å². The number of hydrogen-bond acceptors (Lipinski definition) is 1. The second kappa shape index (κ2) is 5.66. The molecule has 0 bridgehead atoms. The Labute approximate surface area is 117 Å². The number of rotatable bonds is 4. The maximum Gasteiger partial charge on any atom is 0.00954 e. The van der Waals surface area contributed by atoms with Crippen LogP contribution in [0.15, 0.2) is 18.2 Å². The predicted molar refractivity (Wildman–Crippen MR) is 81.5 cm³/mol. The Balaban J connectivity index is 1.65. The molecule has 1 aromatic rings. The van der Waals surface area contributed by atoms with Crippen molar-refractivity contribution in [2.24, 2.45) is 11.8 Å². The van der Waals surface area contributed by atoms with Crippen molar-refractivity contribution in [1.82, 2.24) is 5.32 Å². The highest BCUT2D eigenvalue weighted by Gasteiger charge is 2.32. The summed E-state index contributed by atoms with van der Waals surface area (Å²) < 4.78 is 0. The first-order valence-electron chi connectivity index (χ1n) is 8.12. The fraction of sp³-hybridized carbons (Fsp3) is 0.667. The zero-order valence-corrected chi connectivity index (χ0v) is 12.4. The molecule has 2 aliphatic rings. The first-order valence-corrected chi connectivity index (χ1v) is 8.12. The average Bonchev–Trinajstić information content (AvgIpc) is 3.00. The number of fused-ring (bicyclic) bond motifs is 1. The van der Waals surface area contributed by atoms with E-state index in [9.17, 15) is 0 Å². The lowest BCUT2D eigenvalue weighted by Gasteiger charge is -2.21.